The molecular weight excluding hydrogens is 404 g/mol. The fraction of sp³-hybridized carbons (Fsp3) is 0.480. The molecule has 0 spiro atoms. The summed E-state index contributed by atoms with van der Waals surface area (Å²) in [6.45, 7) is 10.8. The largest absolute Gasteiger partial charge is 0.493 e. The molecule has 32 heavy (non-hydrogen) atoms. The second-order valence-electron chi connectivity index (χ2n) is 7.98. The van der Waals surface area contributed by atoms with Crippen molar-refractivity contribution in [2.45, 2.75) is 26.9 Å². The first-order chi connectivity index (χ1) is 15.6. The van der Waals surface area contributed by atoms with Crippen molar-refractivity contribution in [1.82, 2.24) is 15.1 Å². The summed E-state index contributed by atoms with van der Waals surface area (Å²) in [5.74, 6) is 2.23. The number of piperazine rings is 1. The van der Waals surface area contributed by atoms with Crippen molar-refractivity contribution in [3.05, 3.63) is 59.2 Å². The van der Waals surface area contributed by atoms with Crippen LogP contribution in [0, 0.1) is 6.92 Å². The van der Waals surface area contributed by atoms with Crippen LogP contribution in [0.2, 0.25) is 0 Å². The number of hydrogen-bond acceptors (Lipinski definition) is 5. The minimum atomic E-state index is -0.0283. The van der Waals surface area contributed by atoms with Crippen molar-refractivity contribution in [3.63, 3.8) is 0 Å². The van der Waals surface area contributed by atoms with Gasteiger partial charge in [0.25, 0.3) is 0 Å². The summed E-state index contributed by atoms with van der Waals surface area (Å²) in [7, 11) is 1.62. The van der Waals surface area contributed by atoms with Crippen LogP contribution in [0.3, 0.4) is 0 Å². The van der Waals surface area contributed by atoms with Gasteiger partial charge in [-0.2, -0.15) is 0 Å². The monoisotopic (exact) mass is 440 g/mol. The maximum atomic E-state index is 8.97. The molecule has 0 amide bonds. The van der Waals surface area contributed by atoms with Gasteiger partial charge in [0.05, 0.1) is 20.3 Å². The van der Waals surface area contributed by atoms with Gasteiger partial charge in [-0.25, -0.2) is 4.99 Å². The molecule has 1 aliphatic rings. The molecule has 3 rings (SSSR count). The predicted octanol–water partition coefficient (Wildman–Crippen LogP) is 2.66. The van der Waals surface area contributed by atoms with Crippen LogP contribution in [-0.2, 0) is 13.1 Å². The Balaban J connectivity index is 1.59. The fourth-order valence-electron chi connectivity index (χ4n) is 3.86. The SMILES string of the molecule is CCNC(=NCc1ccc(OCCO)c(OC)c1)N1CCN(Cc2cccc(C)c2)CC1. The molecule has 0 saturated carbocycles. The molecular formula is C25H36N4O3. The molecule has 0 unspecified atom stereocenters. The van der Waals surface area contributed by atoms with Gasteiger partial charge >= 0.3 is 0 Å². The van der Waals surface area contributed by atoms with E-state index in [9.17, 15) is 0 Å². The lowest BCUT2D eigenvalue weighted by Gasteiger charge is -2.36. The molecule has 0 aromatic heterocycles. The minimum Gasteiger partial charge on any atom is -0.493 e. The van der Waals surface area contributed by atoms with Gasteiger partial charge in [-0.3, -0.25) is 4.90 Å². The van der Waals surface area contributed by atoms with Crippen molar-refractivity contribution in [2.75, 3.05) is 53.0 Å². The predicted molar refractivity (Wildman–Crippen MR) is 128 cm³/mol. The van der Waals surface area contributed by atoms with Crippen LogP contribution in [0.5, 0.6) is 11.5 Å². The Hall–Kier alpha value is -2.77. The number of aryl methyl sites for hydroxylation is 1. The van der Waals surface area contributed by atoms with E-state index in [4.69, 9.17) is 19.6 Å². The first kappa shape index (κ1) is 23.9. The number of rotatable bonds is 9. The van der Waals surface area contributed by atoms with E-state index in [0.717, 1.165) is 50.8 Å². The molecule has 0 aliphatic carbocycles. The van der Waals surface area contributed by atoms with Crippen molar-refractivity contribution in [2.24, 2.45) is 4.99 Å². The maximum Gasteiger partial charge on any atom is 0.194 e. The van der Waals surface area contributed by atoms with Crippen molar-refractivity contribution >= 4 is 5.96 Å². The van der Waals surface area contributed by atoms with Crippen LogP contribution in [0.15, 0.2) is 47.5 Å². The highest BCUT2D eigenvalue weighted by atomic mass is 16.5. The molecule has 174 valence electrons. The lowest BCUT2D eigenvalue weighted by Crippen LogP contribution is -2.52. The van der Waals surface area contributed by atoms with Gasteiger partial charge in [-0.15, -0.1) is 0 Å². The van der Waals surface area contributed by atoms with Gasteiger partial charge in [0.15, 0.2) is 17.5 Å². The molecule has 0 radical (unpaired) electrons. The Labute approximate surface area is 191 Å². The van der Waals surface area contributed by atoms with Crippen LogP contribution in [0.1, 0.15) is 23.6 Å². The van der Waals surface area contributed by atoms with E-state index < -0.39 is 0 Å². The molecule has 1 aliphatic heterocycles. The van der Waals surface area contributed by atoms with Crippen molar-refractivity contribution in [1.29, 1.82) is 0 Å². The molecule has 1 saturated heterocycles. The van der Waals surface area contributed by atoms with E-state index in [1.165, 1.54) is 11.1 Å². The van der Waals surface area contributed by atoms with Gasteiger partial charge in [0.2, 0.25) is 0 Å². The smallest absolute Gasteiger partial charge is 0.194 e. The van der Waals surface area contributed by atoms with E-state index >= 15 is 0 Å². The lowest BCUT2D eigenvalue weighted by molar-refractivity contribution is 0.172. The number of ether oxygens (including phenoxy) is 2. The topological polar surface area (TPSA) is 69.6 Å². The number of aliphatic hydroxyl groups is 1. The second kappa shape index (κ2) is 12.3. The van der Waals surface area contributed by atoms with Gasteiger partial charge in [-0.1, -0.05) is 35.9 Å². The fourth-order valence-corrected chi connectivity index (χ4v) is 3.86. The highest BCUT2D eigenvalue weighted by molar-refractivity contribution is 5.80. The van der Waals surface area contributed by atoms with Gasteiger partial charge in [-0.05, 0) is 37.1 Å². The second-order valence-corrected chi connectivity index (χ2v) is 7.98. The van der Waals surface area contributed by atoms with Crippen LogP contribution in [0.4, 0.5) is 0 Å². The lowest BCUT2D eigenvalue weighted by atomic mass is 10.1. The van der Waals surface area contributed by atoms with E-state index in [1.807, 2.05) is 18.2 Å². The highest BCUT2D eigenvalue weighted by Crippen LogP contribution is 2.28. The number of hydrogen-bond donors (Lipinski definition) is 2. The molecule has 7 heteroatoms. The molecule has 0 bridgehead atoms. The minimum absolute atomic E-state index is 0.0283. The average molecular weight is 441 g/mol. The Kier molecular flexibility index (Phi) is 9.19. The maximum absolute atomic E-state index is 8.97. The van der Waals surface area contributed by atoms with E-state index in [0.29, 0.717) is 18.0 Å². The van der Waals surface area contributed by atoms with E-state index in [-0.39, 0.29) is 13.2 Å². The Morgan fingerprint density at radius 3 is 2.56 bits per heavy atom. The third kappa shape index (κ3) is 6.87. The van der Waals surface area contributed by atoms with Gasteiger partial charge in [0, 0.05) is 39.3 Å². The highest BCUT2D eigenvalue weighted by Gasteiger charge is 2.19. The summed E-state index contributed by atoms with van der Waals surface area (Å²) in [4.78, 5) is 9.72. The zero-order valence-electron chi connectivity index (χ0n) is 19.5. The Morgan fingerprint density at radius 1 is 1.06 bits per heavy atom. The molecule has 2 aromatic carbocycles. The zero-order valence-corrected chi connectivity index (χ0v) is 19.5. The van der Waals surface area contributed by atoms with Crippen LogP contribution >= 0.6 is 0 Å². The van der Waals surface area contributed by atoms with Crippen molar-refractivity contribution in [3.8, 4) is 11.5 Å². The van der Waals surface area contributed by atoms with Gasteiger partial charge in [0.1, 0.15) is 6.61 Å². The molecule has 7 nitrogen and oxygen atoms in total. The summed E-state index contributed by atoms with van der Waals surface area (Å²) in [6, 6.07) is 14.6. The molecule has 1 fully saturated rings. The first-order valence-electron chi connectivity index (χ1n) is 11.3. The summed E-state index contributed by atoms with van der Waals surface area (Å²) < 4.78 is 10.9. The average Bonchev–Trinajstić information content (AvgIpc) is 2.81. The van der Waals surface area contributed by atoms with Crippen LogP contribution in [0.25, 0.3) is 0 Å². The first-order valence-corrected chi connectivity index (χ1v) is 11.3. The number of aliphatic hydroxyl groups excluding tert-OH is 1. The quantitative estimate of drug-likeness (QED) is 0.462. The molecule has 0 atom stereocenters. The molecule has 1 heterocycles. The molecule has 2 aromatic rings. The van der Waals surface area contributed by atoms with Crippen LogP contribution < -0.4 is 14.8 Å². The summed E-state index contributed by atoms with van der Waals surface area (Å²) in [6.07, 6.45) is 0. The van der Waals surface area contributed by atoms with Crippen LogP contribution in [-0.4, -0.2) is 73.9 Å². The molecule has 2 N–H and O–H groups in total. The number of methoxy groups -OCH3 is 1. The Morgan fingerprint density at radius 2 is 1.88 bits per heavy atom. The standard InChI is InChI=1S/C25H36N4O3/c1-4-26-25(27-18-21-8-9-23(32-15-14-30)24(17-21)31-3)29-12-10-28(11-13-29)19-22-7-5-6-20(2)16-22/h5-9,16-17,30H,4,10-15,18-19H2,1-3H3,(H,26,27). The van der Waals surface area contributed by atoms with E-state index in [2.05, 4.69) is 53.2 Å². The number of aliphatic imine (C=N–C) groups is 1. The summed E-state index contributed by atoms with van der Waals surface area (Å²) in [5, 5.41) is 12.4. The summed E-state index contributed by atoms with van der Waals surface area (Å²) >= 11 is 0. The van der Waals surface area contributed by atoms with Crippen molar-refractivity contribution < 1.29 is 14.6 Å². The Bertz CT molecular complexity index is 879. The van der Waals surface area contributed by atoms with Gasteiger partial charge < -0.3 is 24.8 Å². The third-order valence-electron chi connectivity index (χ3n) is 5.48. The normalized spacial score (nSPS) is 15.0. The number of benzene rings is 2. The number of guanidine groups is 1. The van der Waals surface area contributed by atoms with E-state index in [1.54, 1.807) is 7.11 Å². The zero-order chi connectivity index (χ0) is 22.8. The number of nitrogens with zero attached hydrogens (tertiary/aromatic N) is 3. The third-order valence-corrected chi connectivity index (χ3v) is 5.48. The number of nitrogens with one attached hydrogen (secondary N) is 1. The summed E-state index contributed by atoms with van der Waals surface area (Å²) in [5.41, 5.74) is 3.73.